The van der Waals surface area contributed by atoms with Gasteiger partial charge in [0.2, 0.25) is 0 Å². The zero-order valence-electron chi connectivity index (χ0n) is 13.6. The largest absolute Gasteiger partial charge is 0.504 e. The second kappa shape index (κ2) is 7.27. The van der Waals surface area contributed by atoms with Crippen LogP contribution in [0.25, 0.3) is 6.08 Å². The van der Waals surface area contributed by atoms with Crippen molar-refractivity contribution in [3.8, 4) is 11.5 Å². The molecule has 1 aliphatic heterocycles. The maximum atomic E-state index is 12.6. The van der Waals surface area contributed by atoms with E-state index in [-0.39, 0.29) is 17.1 Å². The van der Waals surface area contributed by atoms with Crippen LogP contribution in [-0.4, -0.2) is 23.5 Å². The number of para-hydroxylation sites is 1. The number of benzene rings is 2. The van der Waals surface area contributed by atoms with E-state index >= 15 is 0 Å². The number of carbonyl (C=O) groups excluding carboxylic acids is 2. The Bertz CT molecular complexity index is 907. The van der Waals surface area contributed by atoms with Crippen molar-refractivity contribution >= 4 is 46.8 Å². The molecule has 6 nitrogen and oxygen atoms in total. The van der Waals surface area contributed by atoms with E-state index in [1.807, 2.05) is 0 Å². The summed E-state index contributed by atoms with van der Waals surface area (Å²) >= 11 is 11.9. The highest BCUT2D eigenvalue weighted by Gasteiger charge is 2.35. The fraction of sp³-hybridized carbons (Fsp3) is 0.111. The summed E-state index contributed by atoms with van der Waals surface area (Å²) in [5, 5.41) is 12.0. The van der Waals surface area contributed by atoms with Gasteiger partial charge in [-0.3, -0.25) is 15.0 Å². The molecule has 2 N–H and O–H groups in total. The normalized spacial score (nSPS) is 15.5. The predicted octanol–water partition coefficient (Wildman–Crippen LogP) is 3.56. The zero-order chi connectivity index (χ0) is 18.8. The van der Waals surface area contributed by atoms with Crippen LogP contribution < -0.4 is 15.2 Å². The van der Waals surface area contributed by atoms with Crippen LogP contribution in [0.5, 0.6) is 11.5 Å². The quantitative estimate of drug-likeness (QED) is 0.615. The van der Waals surface area contributed by atoms with Crippen molar-refractivity contribution in [3.63, 3.8) is 0 Å². The Morgan fingerprint density at radius 1 is 1.19 bits per heavy atom. The second-order valence-electron chi connectivity index (χ2n) is 5.39. The molecule has 8 heteroatoms. The number of aromatic hydroxyl groups is 1. The van der Waals surface area contributed by atoms with E-state index in [9.17, 15) is 14.7 Å². The van der Waals surface area contributed by atoms with Gasteiger partial charge in [0, 0.05) is 15.6 Å². The van der Waals surface area contributed by atoms with Crippen molar-refractivity contribution in [2.24, 2.45) is 0 Å². The van der Waals surface area contributed by atoms with Crippen molar-refractivity contribution in [1.29, 1.82) is 0 Å². The molecule has 0 saturated carbocycles. The van der Waals surface area contributed by atoms with Gasteiger partial charge >= 0.3 is 0 Å². The fourth-order valence-corrected chi connectivity index (χ4v) is 3.01. The zero-order valence-corrected chi connectivity index (χ0v) is 15.1. The average molecular weight is 393 g/mol. The summed E-state index contributed by atoms with van der Waals surface area (Å²) in [5.41, 5.74) is 2.94. The van der Waals surface area contributed by atoms with Crippen molar-refractivity contribution < 1.29 is 19.4 Å². The van der Waals surface area contributed by atoms with E-state index in [0.29, 0.717) is 27.9 Å². The van der Waals surface area contributed by atoms with Crippen molar-refractivity contribution in [2.45, 2.75) is 6.92 Å². The number of anilines is 1. The summed E-state index contributed by atoms with van der Waals surface area (Å²) < 4.78 is 5.31. The van der Waals surface area contributed by atoms with Crippen LogP contribution in [0.15, 0.2) is 42.0 Å². The van der Waals surface area contributed by atoms with Crippen LogP contribution in [0.3, 0.4) is 0 Å². The number of halogens is 2. The second-order valence-corrected chi connectivity index (χ2v) is 6.27. The SMILES string of the molecule is CCOc1cccc(/C=C2\C(=O)NN(c3cc(Cl)cc(Cl)c3)C2=O)c1O. The van der Waals surface area contributed by atoms with Crippen LogP contribution in [0.4, 0.5) is 5.69 Å². The lowest BCUT2D eigenvalue weighted by molar-refractivity contribution is -0.117. The molecule has 3 rings (SSSR count). The fourth-order valence-electron chi connectivity index (χ4n) is 2.49. The number of amides is 2. The van der Waals surface area contributed by atoms with Gasteiger partial charge in [-0.15, -0.1) is 0 Å². The number of nitrogens with one attached hydrogen (secondary N) is 1. The number of hydrogen-bond donors (Lipinski definition) is 2. The lowest BCUT2D eigenvalue weighted by Crippen LogP contribution is -2.35. The van der Waals surface area contributed by atoms with Gasteiger partial charge in [-0.25, -0.2) is 5.01 Å². The van der Waals surface area contributed by atoms with Crippen LogP contribution >= 0.6 is 23.2 Å². The minimum Gasteiger partial charge on any atom is -0.504 e. The molecule has 0 aromatic heterocycles. The first kappa shape index (κ1) is 18.1. The van der Waals surface area contributed by atoms with Crippen LogP contribution in [-0.2, 0) is 9.59 Å². The Hall–Kier alpha value is -2.70. The Morgan fingerprint density at radius 3 is 2.54 bits per heavy atom. The monoisotopic (exact) mass is 392 g/mol. The summed E-state index contributed by atoms with van der Waals surface area (Å²) in [6.07, 6.45) is 1.31. The van der Waals surface area contributed by atoms with E-state index in [2.05, 4.69) is 5.43 Å². The molecule has 2 aromatic rings. The molecule has 1 saturated heterocycles. The maximum Gasteiger partial charge on any atom is 0.282 e. The van der Waals surface area contributed by atoms with Gasteiger partial charge in [0.1, 0.15) is 5.57 Å². The molecular formula is C18H14Cl2N2O4. The summed E-state index contributed by atoms with van der Waals surface area (Å²) in [6, 6.07) is 9.34. The van der Waals surface area contributed by atoms with Crippen LogP contribution in [0.1, 0.15) is 12.5 Å². The Morgan fingerprint density at radius 2 is 1.88 bits per heavy atom. The number of ether oxygens (including phenoxy) is 1. The number of phenols is 1. The van der Waals surface area contributed by atoms with E-state index in [1.54, 1.807) is 25.1 Å². The minimum absolute atomic E-state index is 0.134. The summed E-state index contributed by atoms with van der Waals surface area (Å²) in [6.45, 7) is 2.16. The van der Waals surface area contributed by atoms with E-state index in [1.165, 1.54) is 24.3 Å². The smallest absolute Gasteiger partial charge is 0.282 e. The molecule has 0 bridgehead atoms. The number of carbonyl (C=O) groups is 2. The van der Waals surface area contributed by atoms with Crippen LogP contribution in [0.2, 0.25) is 10.0 Å². The molecule has 1 fully saturated rings. The molecule has 1 aliphatic rings. The highest BCUT2D eigenvalue weighted by atomic mass is 35.5. The van der Waals surface area contributed by atoms with Crippen molar-refractivity contribution in [2.75, 3.05) is 11.6 Å². The average Bonchev–Trinajstić information content (AvgIpc) is 2.86. The van der Waals surface area contributed by atoms with Gasteiger partial charge in [-0.1, -0.05) is 35.3 Å². The number of nitrogens with zero attached hydrogens (tertiary/aromatic N) is 1. The molecule has 26 heavy (non-hydrogen) atoms. The molecule has 2 aromatic carbocycles. The standard InChI is InChI=1S/C18H14Cl2N2O4/c1-2-26-15-5-3-4-10(16(15)23)6-14-17(24)21-22(18(14)25)13-8-11(19)7-12(20)9-13/h3-9,23H,2H2,1H3,(H,21,24)/b14-6+. The van der Waals surface area contributed by atoms with Gasteiger partial charge in [-0.05, 0) is 37.3 Å². The molecule has 0 aliphatic carbocycles. The molecule has 134 valence electrons. The van der Waals surface area contributed by atoms with Gasteiger partial charge in [-0.2, -0.15) is 0 Å². The third-order valence-electron chi connectivity index (χ3n) is 3.63. The van der Waals surface area contributed by atoms with Crippen molar-refractivity contribution in [1.82, 2.24) is 5.43 Å². The maximum absolute atomic E-state index is 12.6. The van der Waals surface area contributed by atoms with E-state index < -0.39 is 11.8 Å². The number of hydrazine groups is 1. The van der Waals surface area contributed by atoms with Gasteiger partial charge < -0.3 is 9.84 Å². The van der Waals surface area contributed by atoms with E-state index in [0.717, 1.165) is 5.01 Å². The van der Waals surface area contributed by atoms with Gasteiger partial charge in [0.25, 0.3) is 11.8 Å². The highest BCUT2D eigenvalue weighted by Crippen LogP contribution is 2.33. The molecular weight excluding hydrogens is 379 g/mol. The van der Waals surface area contributed by atoms with Crippen molar-refractivity contribution in [3.05, 3.63) is 57.6 Å². The van der Waals surface area contributed by atoms with Crippen LogP contribution in [0, 0.1) is 0 Å². The Kier molecular flexibility index (Phi) is 5.06. The molecule has 0 spiro atoms. The minimum atomic E-state index is -0.604. The number of phenolic OH excluding ortho intramolecular Hbond substituents is 1. The third kappa shape index (κ3) is 3.47. The van der Waals surface area contributed by atoms with Gasteiger partial charge in [0.15, 0.2) is 11.5 Å². The molecule has 2 amide bonds. The first-order valence-corrected chi connectivity index (χ1v) is 8.44. The molecule has 0 unspecified atom stereocenters. The lowest BCUT2D eigenvalue weighted by atomic mass is 10.1. The van der Waals surface area contributed by atoms with E-state index in [4.69, 9.17) is 27.9 Å². The molecule has 1 heterocycles. The number of rotatable bonds is 4. The number of hydrogen-bond acceptors (Lipinski definition) is 4. The third-order valence-corrected chi connectivity index (χ3v) is 4.06. The predicted molar refractivity (Wildman–Crippen MR) is 99.3 cm³/mol. The topological polar surface area (TPSA) is 78.9 Å². The Labute approximate surface area is 159 Å². The van der Waals surface area contributed by atoms with Gasteiger partial charge in [0.05, 0.1) is 12.3 Å². The summed E-state index contributed by atoms with van der Waals surface area (Å²) in [4.78, 5) is 24.9. The highest BCUT2D eigenvalue weighted by molar-refractivity contribution is 6.36. The lowest BCUT2D eigenvalue weighted by Gasteiger charge is -2.15. The first-order chi connectivity index (χ1) is 12.4. The summed E-state index contributed by atoms with van der Waals surface area (Å²) in [7, 11) is 0. The Balaban J connectivity index is 1.97. The summed E-state index contributed by atoms with van der Waals surface area (Å²) in [5.74, 6) is -1.07. The molecule has 0 atom stereocenters. The first-order valence-electron chi connectivity index (χ1n) is 7.68. The molecule has 0 radical (unpaired) electrons.